The Labute approximate surface area is 879 Å². The minimum atomic E-state index is -0.513. The van der Waals surface area contributed by atoms with Crippen molar-refractivity contribution < 1.29 is 61.9 Å². The molecule has 12 rings (SSSR count). The molecule has 848 valence electrons. The minimum absolute atomic E-state index is 0.328. The van der Waals surface area contributed by atoms with Crippen molar-refractivity contribution in [1.29, 1.82) is 0 Å². The van der Waals surface area contributed by atoms with Gasteiger partial charge in [0.1, 0.15) is 0 Å². The Morgan fingerprint density at radius 2 is 0.507 bits per heavy atom. The van der Waals surface area contributed by atoms with Crippen molar-refractivity contribution in [3.63, 3.8) is 0 Å². The Balaban J connectivity index is 0.000000406. The van der Waals surface area contributed by atoms with Gasteiger partial charge in [-0.15, -0.1) is 0 Å². The number of piperidine rings is 4. The number of hydrogen-bond donors (Lipinski definition) is 1. The molecule has 142 heavy (non-hydrogen) atoms. The molecule has 2 saturated carbocycles. The highest BCUT2D eigenvalue weighted by Gasteiger charge is 2.48. The topological polar surface area (TPSA) is 170 Å². The van der Waals surface area contributed by atoms with Gasteiger partial charge in [0.2, 0.25) is 0 Å². The van der Waals surface area contributed by atoms with Gasteiger partial charge in [-0.3, -0.25) is 24.5 Å². The van der Waals surface area contributed by atoms with Crippen molar-refractivity contribution in [1.82, 2.24) is 58.8 Å². The SMILES string of the molecule is CC(C)OCCCN1CC2(CCC2)C1.CC(C)OCCCN1CCC(C(C)(C)C)CC1.CC(C)OCCCN1CCN(C)CC1.CC(C)OCCN1CC(C)OC(C)C1.CC(C)OCCN1CC2(CCC2)C1.CC(C)OCCN1CCC(C(C)(C)O)CC1.CC(C)OCCN1CCCCC1.CC(C)OCCN1CCN(C(C)C)CC1.CC(C)OCCN1C[C@@H](C)O[C@@H](C)C1.CC1CCN(CCOC(C)C)CC1. The number of piperazine rings is 2. The van der Waals surface area contributed by atoms with Crippen molar-refractivity contribution in [2.45, 2.75) is 434 Å². The van der Waals surface area contributed by atoms with Gasteiger partial charge in [0.15, 0.2) is 0 Å². The predicted molar refractivity (Wildman–Crippen MR) is 599 cm³/mol. The van der Waals surface area contributed by atoms with Gasteiger partial charge >= 0.3 is 0 Å². The first-order chi connectivity index (χ1) is 67.1. The van der Waals surface area contributed by atoms with Crippen LogP contribution in [0.4, 0.5) is 0 Å². The smallest absolute Gasteiger partial charge is 0.0678 e. The second-order valence-electron chi connectivity index (χ2n) is 49.2. The molecule has 10 aliphatic heterocycles. The average molecular weight is 2030 g/mol. The Kier molecular flexibility index (Phi) is 73.6. The van der Waals surface area contributed by atoms with Crippen LogP contribution >= 0.6 is 0 Å². The van der Waals surface area contributed by atoms with E-state index in [1.54, 1.807) is 0 Å². The van der Waals surface area contributed by atoms with E-state index in [0.717, 1.165) is 187 Å². The van der Waals surface area contributed by atoms with E-state index < -0.39 is 5.60 Å². The van der Waals surface area contributed by atoms with Gasteiger partial charge in [0.25, 0.3) is 0 Å². The molecule has 0 aromatic rings. The van der Waals surface area contributed by atoms with Crippen LogP contribution in [-0.2, 0) is 56.8 Å². The largest absolute Gasteiger partial charge is 0.390 e. The fourth-order valence-electron chi connectivity index (χ4n) is 20.7. The van der Waals surface area contributed by atoms with E-state index in [0.29, 0.717) is 103 Å². The molecule has 10 heterocycles. The average Bonchev–Trinajstić information content (AvgIpc) is 0.767. The molecule has 2 unspecified atom stereocenters. The third kappa shape index (κ3) is 68.9. The summed E-state index contributed by atoms with van der Waals surface area (Å²) in [6.07, 6.45) is 29.4. The van der Waals surface area contributed by atoms with Gasteiger partial charge in [-0.25, -0.2) is 0 Å². The summed E-state index contributed by atoms with van der Waals surface area (Å²) in [5, 5.41) is 9.93. The molecule has 0 aromatic carbocycles. The van der Waals surface area contributed by atoms with Gasteiger partial charge in [-0.05, 0) is 384 Å². The van der Waals surface area contributed by atoms with Gasteiger partial charge in [-0.1, -0.05) is 47.0 Å². The molecule has 0 aromatic heterocycles. The lowest BCUT2D eigenvalue weighted by Gasteiger charge is -2.56. The van der Waals surface area contributed by atoms with E-state index >= 15 is 0 Å². The molecule has 12 fully saturated rings. The van der Waals surface area contributed by atoms with E-state index in [1.807, 2.05) is 13.8 Å². The van der Waals surface area contributed by atoms with Crippen LogP contribution in [0.3, 0.4) is 0 Å². The lowest BCUT2D eigenvalue weighted by molar-refractivity contribution is -0.0751. The van der Waals surface area contributed by atoms with E-state index in [1.165, 1.54) is 240 Å². The van der Waals surface area contributed by atoms with E-state index in [4.69, 9.17) is 56.8 Å². The van der Waals surface area contributed by atoms with Gasteiger partial charge in [-0.2, -0.15) is 0 Å². The Morgan fingerprint density at radius 3 is 0.789 bits per heavy atom. The fourth-order valence-corrected chi connectivity index (χ4v) is 20.7. The Hall–Kier alpha value is -1.00. The molecular formula is C117H242N12O13. The lowest BCUT2D eigenvalue weighted by Crippen LogP contribution is -2.60. The molecule has 2 aliphatic carbocycles. The van der Waals surface area contributed by atoms with E-state index in [-0.39, 0.29) is 0 Å². The molecule has 0 amide bonds. The second kappa shape index (κ2) is 77.4. The van der Waals surface area contributed by atoms with Crippen LogP contribution in [0.1, 0.15) is 337 Å². The molecule has 12 aliphatic rings. The van der Waals surface area contributed by atoms with Gasteiger partial charge < -0.3 is 96.2 Å². The first-order valence-corrected chi connectivity index (χ1v) is 58.9. The molecule has 25 nitrogen and oxygen atoms in total. The summed E-state index contributed by atoms with van der Waals surface area (Å²) < 4.78 is 66.7. The molecular weight excluding hydrogens is 1780 g/mol. The zero-order chi connectivity index (χ0) is 106. The van der Waals surface area contributed by atoms with Crippen molar-refractivity contribution in [3.8, 4) is 0 Å². The lowest BCUT2D eigenvalue weighted by atomic mass is 9.63. The first kappa shape index (κ1) is 135. The number of rotatable bonds is 45. The highest BCUT2D eigenvalue weighted by Crippen LogP contribution is 2.49. The predicted octanol–water partition coefficient (Wildman–Crippen LogP) is 19.2. The van der Waals surface area contributed by atoms with Crippen molar-refractivity contribution >= 4 is 0 Å². The Morgan fingerprint density at radius 1 is 0.268 bits per heavy atom. The summed E-state index contributed by atoms with van der Waals surface area (Å²) in [5.74, 6) is 2.29. The van der Waals surface area contributed by atoms with Crippen molar-refractivity contribution in [2.24, 2.45) is 34.0 Å². The van der Waals surface area contributed by atoms with E-state index in [2.05, 4.69) is 274 Å². The van der Waals surface area contributed by atoms with Crippen LogP contribution in [-0.4, -0.2) is 457 Å². The van der Waals surface area contributed by atoms with Crippen molar-refractivity contribution in [3.05, 3.63) is 0 Å². The molecule has 4 atom stereocenters. The second-order valence-corrected chi connectivity index (χ2v) is 49.2. The molecule has 0 bridgehead atoms. The summed E-state index contributed by atoms with van der Waals surface area (Å²) in [5.41, 5.74) is 1.55. The molecule has 2 spiro atoms. The molecule has 10 saturated heterocycles. The van der Waals surface area contributed by atoms with Crippen LogP contribution in [0.25, 0.3) is 0 Å². The number of likely N-dealkylation sites (tertiary alicyclic amines) is 6. The Bertz CT molecular complexity index is 2790. The standard InChI is InChI=1S/C15H31NO.C13H27NO2.C12H26N2O.C12H23NO.C11H24N2O.2C11H23NO2.C11H21NO.C11H23NO.C10H21NO/c1-13(2)17-12-6-9-16-10-7-14(8-11-16)15(3,4)5;1-11(2)16-10-9-14-7-5-12(6-8-14)13(3,4)15;1-11(2)14-7-5-13(6-8-14)9-10-15-12(3)4;1-11(2)14-8-4-7-13-9-12(10-13)5-3-6-12;1-11(2)14-10-4-5-13-8-6-12(3)7-9-13;2*1-9(2)13-6-5-12-7-10(3)14-11(4)8-12;1-10(2)13-7-6-12-8-11(9-12)4-3-5-11;1-10(2)13-9-8-12-6-4-11(3)5-7-12;1-10(2)12-9-8-11-6-4-3-5-7-11/h13-14H,6-12H2,1-5H3;11-12,15H,5-10H2,1-4H3;11-12H,5-10H2,1-4H3;11H,3-10H2,1-2H3;11H,4-10H2,1-3H3;2*9-11H,5-8H2,1-4H3;10H,3-9H2,1-2H3;10-11H,4-9H2,1-3H3;10H,3-9H2,1-2H3/t;;;;;10-,11+;;;;. The van der Waals surface area contributed by atoms with Gasteiger partial charge in [0, 0.05) is 196 Å². The summed E-state index contributed by atoms with van der Waals surface area (Å²) >= 11 is 0. The number of morpholine rings is 2. The molecule has 1 N–H and O–H groups in total. The highest BCUT2D eigenvalue weighted by atomic mass is 16.5. The number of likely N-dealkylation sites (N-methyl/N-ethyl adjacent to an activating group) is 1. The van der Waals surface area contributed by atoms with Crippen LogP contribution in [0.15, 0.2) is 0 Å². The van der Waals surface area contributed by atoms with Crippen LogP contribution in [0.5, 0.6) is 0 Å². The zero-order valence-corrected chi connectivity index (χ0v) is 99.9. The third-order valence-corrected chi connectivity index (χ3v) is 29.7. The monoisotopic (exact) mass is 2020 g/mol. The summed E-state index contributed by atoms with van der Waals surface area (Å²) in [6, 6.07) is 0.694. The quantitative estimate of drug-likeness (QED) is 0.0571. The summed E-state index contributed by atoms with van der Waals surface area (Å²) in [4.78, 5) is 30.0. The maximum absolute atomic E-state index is 9.93. The van der Waals surface area contributed by atoms with Crippen LogP contribution < -0.4 is 0 Å². The normalized spacial score (nSPS) is 23.3. The summed E-state index contributed by atoms with van der Waals surface area (Å²) in [7, 11) is 2.19. The number of ether oxygens (including phenoxy) is 12. The third-order valence-electron chi connectivity index (χ3n) is 29.7. The number of nitrogens with zero attached hydrogens (tertiary/aromatic N) is 12. The fraction of sp³-hybridized carbons (Fsp3) is 1.00. The first-order valence-electron chi connectivity index (χ1n) is 58.9. The van der Waals surface area contributed by atoms with E-state index in [9.17, 15) is 5.11 Å². The number of hydrogen-bond acceptors (Lipinski definition) is 25. The highest BCUT2D eigenvalue weighted by molar-refractivity contribution is 5.01. The number of aliphatic hydroxyl groups is 1. The van der Waals surface area contributed by atoms with Crippen molar-refractivity contribution in [2.75, 3.05) is 296 Å². The maximum atomic E-state index is 9.93. The van der Waals surface area contributed by atoms with Crippen LogP contribution in [0, 0.1) is 34.0 Å². The summed E-state index contributed by atoms with van der Waals surface area (Å²) in [6.45, 7) is 117. The zero-order valence-electron chi connectivity index (χ0n) is 99.9. The molecule has 0 radical (unpaired) electrons. The van der Waals surface area contributed by atoms with Crippen LogP contribution in [0.2, 0.25) is 0 Å². The van der Waals surface area contributed by atoms with Gasteiger partial charge in [0.05, 0.1) is 137 Å². The minimum Gasteiger partial charge on any atom is -0.390 e. The molecule has 25 heteroatoms. The maximum Gasteiger partial charge on any atom is 0.0678 e.